The minimum atomic E-state index is -0.765. The van der Waals surface area contributed by atoms with Gasteiger partial charge in [0.1, 0.15) is 0 Å². The number of likely N-dealkylation sites (N-methyl/N-ethyl adjacent to an activating group) is 3. The molecule has 0 heterocycles. The molecule has 0 unspecified atom stereocenters. The zero-order valence-electron chi connectivity index (χ0n) is 10.6. The van der Waals surface area contributed by atoms with Gasteiger partial charge < -0.3 is 19.9 Å². The molecule has 6 nitrogen and oxygen atoms in total. The molecule has 2 amide bonds. The molecule has 0 saturated carbocycles. The van der Waals surface area contributed by atoms with Crippen LogP contribution in [0.3, 0.4) is 0 Å². The number of hydrogen-bond donors (Lipinski definition) is 1. The highest BCUT2D eigenvalue weighted by atomic mass is 16.6. The first-order chi connectivity index (χ1) is 7.38. The van der Waals surface area contributed by atoms with Crippen LogP contribution in [0, 0.1) is 0 Å². The number of amides is 2. The molecular weight excluding hydrogens is 210 g/mol. The fourth-order valence-electron chi connectivity index (χ4n) is 0.939. The first-order valence-electron chi connectivity index (χ1n) is 5.16. The maximum absolute atomic E-state index is 11.5. The number of hydrogen-bond acceptors (Lipinski definition) is 4. The van der Waals surface area contributed by atoms with Gasteiger partial charge in [0.2, 0.25) is 0 Å². The van der Waals surface area contributed by atoms with Crippen LogP contribution in [-0.4, -0.2) is 69.2 Å². The molecule has 6 heteroatoms. The maximum atomic E-state index is 11.5. The highest BCUT2D eigenvalue weighted by Gasteiger charge is 2.18. The number of carbonyl (C=O) groups excluding carboxylic acids is 2. The van der Waals surface area contributed by atoms with E-state index in [1.54, 1.807) is 7.05 Å². The lowest BCUT2D eigenvalue weighted by molar-refractivity contribution is -0.128. The van der Waals surface area contributed by atoms with Gasteiger partial charge in [0, 0.05) is 27.2 Å². The Morgan fingerprint density at radius 3 is 2.25 bits per heavy atom. The number of nitrogens with one attached hydrogen (secondary N) is 1. The van der Waals surface area contributed by atoms with Crippen LogP contribution in [0.1, 0.15) is 6.92 Å². The average molecular weight is 231 g/mol. The van der Waals surface area contributed by atoms with Crippen molar-refractivity contribution in [1.82, 2.24) is 15.1 Å². The van der Waals surface area contributed by atoms with E-state index in [2.05, 4.69) is 5.32 Å². The van der Waals surface area contributed by atoms with E-state index in [0.29, 0.717) is 6.54 Å². The molecule has 0 aromatic carbocycles. The predicted octanol–water partition coefficient (Wildman–Crippen LogP) is -0.249. The summed E-state index contributed by atoms with van der Waals surface area (Å²) in [5.74, 6) is -0.311. The lowest BCUT2D eigenvalue weighted by atomic mass is 10.4. The SMILES string of the molecule is CNC(=O)[C@H](C)OC(=O)N(C)CCN(C)C. The largest absolute Gasteiger partial charge is 0.436 e. The van der Waals surface area contributed by atoms with Crippen LogP contribution in [-0.2, 0) is 9.53 Å². The molecule has 0 radical (unpaired) electrons. The van der Waals surface area contributed by atoms with Crippen molar-refractivity contribution >= 4 is 12.0 Å². The maximum Gasteiger partial charge on any atom is 0.410 e. The summed E-state index contributed by atoms with van der Waals surface area (Å²) in [4.78, 5) is 26.0. The molecule has 0 aromatic heterocycles. The van der Waals surface area contributed by atoms with Crippen molar-refractivity contribution in [3.05, 3.63) is 0 Å². The van der Waals surface area contributed by atoms with Gasteiger partial charge in [-0.3, -0.25) is 4.79 Å². The van der Waals surface area contributed by atoms with Crippen molar-refractivity contribution in [2.24, 2.45) is 0 Å². The number of ether oxygens (including phenoxy) is 1. The first kappa shape index (κ1) is 14.7. The Morgan fingerprint density at radius 2 is 1.81 bits per heavy atom. The topological polar surface area (TPSA) is 61.9 Å². The smallest absolute Gasteiger partial charge is 0.410 e. The molecule has 16 heavy (non-hydrogen) atoms. The van der Waals surface area contributed by atoms with Crippen molar-refractivity contribution in [3.63, 3.8) is 0 Å². The summed E-state index contributed by atoms with van der Waals surface area (Å²) in [5.41, 5.74) is 0. The second kappa shape index (κ2) is 7.05. The molecule has 0 bridgehead atoms. The van der Waals surface area contributed by atoms with E-state index in [0.717, 1.165) is 6.54 Å². The lowest BCUT2D eigenvalue weighted by Crippen LogP contribution is -2.39. The van der Waals surface area contributed by atoms with Gasteiger partial charge in [-0.25, -0.2) is 4.79 Å². The molecule has 0 aliphatic carbocycles. The summed E-state index contributed by atoms with van der Waals surface area (Å²) in [6.07, 6.45) is -1.25. The summed E-state index contributed by atoms with van der Waals surface area (Å²) in [5, 5.41) is 2.42. The Balaban J connectivity index is 4.00. The van der Waals surface area contributed by atoms with Crippen LogP contribution in [0.4, 0.5) is 4.79 Å². The van der Waals surface area contributed by atoms with Crippen LogP contribution in [0.15, 0.2) is 0 Å². The Morgan fingerprint density at radius 1 is 1.25 bits per heavy atom. The van der Waals surface area contributed by atoms with Crippen molar-refractivity contribution in [2.75, 3.05) is 41.3 Å². The Bertz CT molecular complexity index is 243. The van der Waals surface area contributed by atoms with Gasteiger partial charge in [0.05, 0.1) is 0 Å². The highest BCUT2D eigenvalue weighted by Crippen LogP contribution is 1.97. The third kappa shape index (κ3) is 5.55. The summed E-state index contributed by atoms with van der Waals surface area (Å²) in [7, 11) is 6.99. The van der Waals surface area contributed by atoms with Crippen LogP contribution >= 0.6 is 0 Å². The van der Waals surface area contributed by atoms with Gasteiger partial charge in [0.15, 0.2) is 6.10 Å². The van der Waals surface area contributed by atoms with Crippen LogP contribution in [0.5, 0.6) is 0 Å². The zero-order chi connectivity index (χ0) is 12.7. The van der Waals surface area contributed by atoms with Gasteiger partial charge in [-0.2, -0.15) is 0 Å². The monoisotopic (exact) mass is 231 g/mol. The van der Waals surface area contributed by atoms with Crippen LogP contribution in [0.25, 0.3) is 0 Å². The normalized spacial score (nSPS) is 12.1. The molecule has 1 N–H and O–H groups in total. The van der Waals surface area contributed by atoms with E-state index in [1.807, 2.05) is 19.0 Å². The van der Waals surface area contributed by atoms with Crippen molar-refractivity contribution < 1.29 is 14.3 Å². The minimum absolute atomic E-state index is 0.311. The van der Waals surface area contributed by atoms with E-state index in [9.17, 15) is 9.59 Å². The molecule has 1 atom stereocenters. The molecule has 94 valence electrons. The second-order valence-electron chi connectivity index (χ2n) is 3.87. The fraction of sp³-hybridized carbons (Fsp3) is 0.800. The van der Waals surface area contributed by atoms with Crippen LogP contribution in [0.2, 0.25) is 0 Å². The first-order valence-corrected chi connectivity index (χ1v) is 5.16. The number of nitrogens with zero attached hydrogens (tertiary/aromatic N) is 2. The van der Waals surface area contributed by atoms with Gasteiger partial charge in [-0.05, 0) is 21.0 Å². The van der Waals surface area contributed by atoms with Gasteiger partial charge in [-0.15, -0.1) is 0 Å². The van der Waals surface area contributed by atoms with Gasteiger partial charge in [-0.1, -0.05) is 0 Å². The lowest BCUT2D eigenvalue weighted by Gasteiger charge is -2.21. The van der Waals surface area contributed by atoms with Gasteiger partial charge >= 0.3 is 6.09 Å². The standard InChI is InChI=1S/C10H21N3O3/c1-8(9(14)11-2)16-10(15)13(5)7-6-12(3)4/h8H,6-7H2,1-5H3,(H,11,14)/t8-/m0/s1. The molecule has 0 spiro atoms. The number of carbonyl (C=O) groups is 2. The average Bonchev–Trinajstić information content (AvgIpc) is 2.24. The number of rotatable bonds is 5. The van der Waals surface area contributed by atoms with Crippen molar-refractivity contribution in [3.8, 4) is 0 Å². The van der Waals surface area contributed by atoms with Crippen molar-refractivity contribution in [1.29, 1.82) is 0 Å². The summed E-state index contributed by atoms with van der Waals surface area (Å²) >= 11 is 0. The fourth-order valence-corrected chi connectivity index (χ4v) is 0.939. The molecule has 0 aliphatic heterocycles. The molecular formula is C10H21N3O3. The van der Waals surface area contributed by atoms with Gasteiger partial charge in [0.25, 0.3) is 5.91 Å². The Hall–Kier alpha value is -1.30. The summed E-state index contributed by atoms with van der Waals surface area (Å²) in [6.45, 7) is 2.85. The van der Waals surface area contributed by atoms with E-state index in [-0.39, 0.29) is 5.91 Å². The molecule has 0 fully saturated rings. The molecule has 0 saturated heterocycles. The molecule has 0 rings (SSSR count). The van der Waals surface area contributed by atoms with E-state index < -0.39 is 12.2 Å². The summed E-state index contributed by atoms with van der Waals surface area (Å²) in [6, 6.07) is 0. The summed E-state index contributed by atoms with van der Waals surface area (Å²) < 4.78 is 4.95. The Labute approximate surface area is 96.5 Å². The third-order valence-electron chi connectivity index (χ3n) is 2.09. The third-order valence-corrected chi connectivity index (χ3v) is 2.09. The highest BCUT2D eigenvalue weighted by molar-refractivity contribution is 5.82. The quantitative estimate of drug-likeness (QED) is 0.709. The van der Waals surface area contributed by atoms with Crippen LogP contribution < -0.4 is 5.32 Å². The molecule has 0 aliphatic rings. The van der Waals surface area contributed by atoms with Crippen molar-refractivity contribution in [2.45, 2.75) is 13.0 Å². The second-order valence-corrected chi connectivity index (χ2v) is 3.87. The molecule has 0 aromatic rings. The minimum Gasteiger partial charge on any atom is -0.436 e. The van der Waals surface area contributed by atoms with E-state index >= 15 is 0 Å². The predicted molar refractivity (Wildman–Crippen MR) is 61.2 cm³/mol. The van der Waals surface area contributed by atoms with E-state index in [4.69, 9.17) is 4.74 Å². The zero-order valence-corrected chi connectivity index (χ0v) is 10.6. The Kier molecular flexibility index (Phi) is 6.48. The van der Waals surface area contributed by atoms with E-state index in [1.165, 1.54) is 18.9 Å².